The first-order valence-corrected chi connectivity index (χ1v) is 20.1. The van der Waals surface area contributed by atoms with E-state index >= 15 is 0 Å². The van der Waals surface area contributed by atoms with Crippen molar-refractivity contribution in [3.8, 4) is 56.4 Å². The van der Waals surface area contributed by atoms with E-state index in [1.54, 1.807) is 49.9 Å². The van der Waals surface area contributed by atoms with Crippen LogP contribution in [-0.2, 0) is 23.3 Å². The fraction of sp³-hybridized carbons (Fsp3) is 0.167. The molecule has 0 aliphatic carbocycles. The van der Waals surface area contributed by atoms with E-state index in [1.165, 1.54) is 0 Å². The Balaban J connectivity index is 1.36. The lowest BCUT2D eigenvalue weighted by molar-refractivity contribution is 0.131. The molecular weight excluding hydrogens is 733 g/mol. The van der Waals surface area contributed by atoms with Crippen LogP contribution < -0.4 is 18.4 Å². The molecule has 0 saturated carbocycles. The van der Waals surface area contributed by atoms with E-state index in [0.717, 1.165) is 50.3 Å². The van der Waals surface area contributed by atoms with Gasteiger partial charge in [0.25, 0.3) is 0 Å². The van der Waals surface area contributed by atoms with Gasteiger partial charge in [0.1, 0.15) is 41.0 Å². The minimum absolute atomic E-state index is 0.106. The van der Waals surface area contributed by atoms with Crippen LogP contribution in [0, 0.1) is 13.8 Å². The van der Waals surface area contributed by atoms with Crippen LogP contribution in [0.4, 0.5) is 0 Å². The largest absolute Gasteiger partial charge is 0.489 e. The van der Waals surface area contributed by atoms with Gasteiger partial charge in [-0.05, 0) is 152 Å². The first kappa shape index (κ1) is 38.8. The Morgan fingerprint density at radius 1 is 0.544 bits per heavy atom. The molecule has 0 N–H and O–H groups in total. The molecule has 0 unspecified atom stereocenters. The van der Waals surface area contributed by atoms with Crippen molar-refractivity contribution in [2.45, 2.75) is 58.3 Å². The van der Waals surface area contributed by atoms with Gasteiger partial charge in [0, 0.05) is 35.9 Å². The van der Waals surface area contributed by atoms with Crippen molar-refractivity contribution < 1.29 is 26.8 Å². The van der Waals surface area contributed by atoms with Gasteiger partial charge < -0.3 is 18.4 Å². The Hall–Kier alpha value is -6.45. The molecule has 9 heteroatoms. The molecule has 288 valence electrons. The number of hydrogen-bond acceptors (Lipinski definition) is 8. The zero-order valence-electron chi connectivity index (χ0n) is 32.6. The van der Waals surface area contributed by atoms with E-state index in [0.29, 0.717) is 35.8 Å². The molecule has 0 aliphatic heterocycles. The summed E-state index contributed by atoms with van der Waals surface area (Å²) >= 11 is 0. The lowest BCUT2D eigenvalue weighted by atomic mass is 9.87. The van der Waals surface area contributed by atoms with Crippen molar-refractivity contribution >= 4 is 10.1 Å². The fourth-order valence-corrected chi connectivity index (χ4v) is 7.66. The van der Waals surface area contributed by atoms with Crippen molar-refractivity contribution in [1.29, 1.82) is 0 Å². The number of hydrogen-bond donors (Lipinski definition) is 0. The minimum Gasteiger partial charge on any atom is -0.489 e. The van der Waals surface area contributed by atoms with Crippen molar-refractivity contribution in [2.75, 3.05) is 0 Å². The van der Waals surface area contributed by atoms with E-state index in [4.69, 9.17) is 18.4 Å². The SMILES string of the molecule is Cc1ccc(S(=O)(=O)Oc2ccc(-c3ccc(OC(C)(C)C)cc3)c(-c3ccc(OCc4ccncc4)cc3)c2-c2ccc(OCc3ccncc3)cc2)c(C)c1. The predicted octanol–water partition coefficient (Wildman–Crippen LogP) is 11.2. The molecule has 0 spiro atoms. The Morgan fingerprint density at radius 2 is 1.04 bits per heavy atom. The second-order valence-electron chi connectivity index (χ2n) is 14.7. The number of rotatable bonds is 13. The molecule has 57 heavy (non-hydrogen) atoms. The zero-order valence-corrected chi connectivity index (χ0v) is 33.4. The number of aromatic nitrogens is 2. The standard InChI is InChI=1S/C48H44N2O6S/c1-33-6-21-45(34(2)30-33)57(51,52)56-44-20-19-43(37-7-17-42(18-8-37)55-48(3,4)5)46(38-9-13-40(14-10-38)53-31-35-22-26-49-27-23-35)47(44)39-11-15-41(16-12-39)54-32-36-24-28-50-29-25-36/h6-30H,31-32H2,1-5H3. The summed E-state index contributed by atoms with van der Waals surface area (Å²) in [4.78, 5) is 8.29. The Morgan fingerprint density at radius 3 is 1.54 bits per heavy atom. The number of nitrogens with zero attached hydrogens (tertiary/aromatic N) is 2. The summed E-state index contributed by atoms with van der Waals surface area (Å²) in [7, 11) is -4.25. The Bertz CT molecular complexity index is 2550. The van der Waals surface area contributed by atoms with E-state index in [9.17, 15) is 8.42 Å². The molecule has 0 fully saturated rings. The summed E-state index contributed by atoms with van der Waals surface area (Å²) in [6, 6.07) is 39.8. The fourth-order valence-electron chi connectivity index (χ4n) is 6.51. The molecule has 0 aliphatic rings. The van der Waals surface area contributed by atoms with Crippen LogP contribution >= 0.6 is 0 Å². The Labute approximate surface area is 334 Å². The minimum atomic E-state index is -4.25. The predicted molar refractivity (Wildman–Crippen MR) is 224 cm³/mol. The van der Waals surface area contributed by atoms with Gasteiger partial charge in [-0.15, -0.1) is 0 Å². The number of aryl methyl sites for hydroxylation is 2. The summed E-state index contributed by atoms with van der Waals surface area (Å²) in [5.74, 6) is 2.27. The summed E-state index contributed by atoms with van der Waals surface area (Å²) < 4.78 is 52.7. The van der Waals surface area contributed by atoms with Crippen molar-refractivity contribution in [1.82, 2.24) is 9.97 Å². The smallest absolute Gasteiger partial charge is 0.339 e. The van der Waals surface area contributed by atoms with Crippen molar-refractivity contribution in [3.63, 3.8) is 0 Å². The van der Waals surface area contributed by atoms with Gasteiger partial charge in [-0.3, -0.25) is 9.97 Å². The molecule has 2 aromatic heterocycles. The molecule has 0 bridgehead atoms. The Kier molecular flexibility index (Phi) is 11.4. The monoisotopic (exact) mass is 776 g/mol. The van der Waals surface area contributed by atoms with Gasteiger partial charge in [-0.1, -0.05) is 54.1 Å². The quantitative estimate of drug-likeness (QED) is 0.107. The lowest BCUT2D eigenvalue weighted by Gasteiger charge is -2.22. The average Bonchev–Trinajstić information content (AvgIpc) is 3.20. The maximum atomic E-state index is 14.1. The number of benzene rings is 5. The second kappa shape index (κ2) is 16.7. The maximum absolute atomic E-state index is 14.1. The molecule has 8 nitrogen and oxygen atoms in total. The van der Waals surface area contributed by atoms with Gasteiger partial charge in [-0.2, -0.15) is 8.42 Å². The first-order chi connectivity index (χ1) is 27.4. The highest BCUT2D eigenvalue weighted by atomic mass is 32.2. The first-order valence-electron chi connectivity index (χ1n) is 18.6. The van der Waals surface area contributed by atoms with E-state index in [-0.39, 0.29) is 16.2 Å². The third-order valence-electron chi connectivity index (χ3n) is 9.15. The van der Waals surface area contributed by atoms with Crippen LogP contribution in [0.5, 0.6) is 23.0 Å². The summed E-state index contributed by atoms with van der Waals surface area (Å²) in [5.41, 5.74) is 7.90. The van der Waals surface area contributed by atoms with Crippen molar-refractivity contribution in [2.24, 2.45) is 0 Å². The normalized spacial score (nSPS) is 11.5. The molecule has 7 aromatic rings. The molecule has 0 atom stereocenters. The van der Waals surface area contributed by atoms with Crippen LogP contribution in [0.25, 0.3) is 33.4 Å². The van der Waals surface area contributed by atoms with Gasteiger partial charge in [0.15, 0.2) is 5.75 Å². The van der Waals surface area contributed by atoms with Crippen LogP contribution in [0.1, 0.15) is 43.0 Å². The highest BCUT2D eigenvalue weighted by molar-refractivity contribution is 7.87. The van der Waals surface area contributed by atoms with E-state index in [2.05, 4.69) is 9.97 Å². The molecule has 2 heterocycles. The van der Waals surface area contributed by atoms with Crippen LogP contribution in [0.3, 0.4) is 0 Å². The molecule has 0 amide bonds. The highest BCUT2D eigenvalue weighted by Crippen LogP contribution is 2.47. The number of pyridine rings is 2. The zero-order chi connectivity index (χ0) is 40.0. The van der Waals surface area contributed by atoms with Gasteiger partial charge in [-0.25, -0.2) is 0 Å². The number of ether oxygens (including phenoxy) is 3. The molecule has 0 saturated heterocycles. The molecular formula is C48H44N2O6S. The third-order valence-corrected chi connectivity index (χ3v) is 10.5. The molecule has 7 rings (SSSR count). The molecule has 5 aromatic carbocycles. The van der Waals surface area contributed by atoms with Crippen LogP contribution in [0.2, 0.25) is 0 Å². The van der Waals surface area contributed by atoms with Crippen LogP contribution in [-0.4, -0.2) is 24.0 Å². The highest BCUT2D eigenvalue weighted by Gasteiger charge is 2.26. The molecule has 0 radical (unpaired) electrons. The van der Waals surface area contributed by atoms with E-state index < -0.39 is 10.1 Å². The third kappa shape index (κ3) is 9.69. The topological polar surface area (TPSA) is 96.8 Å². The average molecular weight is 777 g/mol. The summed E-state index contributed by atoms with van der Waals surface area (Å²) in [6.45, 7) is 10.5. The summed E-state index contributed by atoms with van der Waals surface area (Å²) in [5, 5.41) is 0. The van der Waals surface area contributed by atoms with Crippen molar-refractivity contribution in [3.05, 3.63) is 174 Å². The van der Waals surface area contributed by atoms with Gasteiger partial charge in [0.05, 0.1) is 0 Å². The van der Waals surface area contributed by atoms with Crippen LogP contribution in [0.15, 0.2) is 157 Å². The maximum Gasteiger partial charge on any atom is 0.339 e. The second-order valence-corrected chi connectivity index (χ2v) is 16.3. The summed E-state index contributed by atoms with van der Waals surface area (Å²) in [6.07, 6.45) is 6.94. The van der Waals surface area contributed by atoms with Gasteiger partial charge in [0.2, 0.25) is 0 Å². The van der Waals surface area contributed by atoms with E-state index in [1.807, 2.05) is 137 Å². The lowest BCUT2D eigenvalue weighted by Crippen LogP contribution is -2.22. The van der Waals surface area contributed by atoms with Gasteiger partial charge >= 0.3 is 10.1 Å².